The fourth-order valence-electron chi connectivity index (χ4n) is 2.20. The first kappa shape index (κ1) is 18.9. The van der Waals surface area contributed by atoms with E-state index >= 15 is 0 Å². The van der Waals surface area contributed by atoms with Crippen molar-refractivity contribution in [2.75, 3.05) is 27.8 Å². The molecular weight excluding hydrogens is 393 g/mol. The third-order valence-electron chi connectivity index (χ3n) is 3.71. The maximum atomic E-state index is 5.39. The quantitative estimate of drug-likeness (QED) is 0.406. The SMILES string of the molecule is CN=C(NCCC1CC1)NCc1ccc(OC)cc1OC.I. The Morgan fingerprint density at radius 3 is 2.59 bits per heavy atom. The summed E-state index contributed by atoms with van der Waals surface area (Å²) in [5, 5.41) is 6.65. The van der Waals surface area contributed by atoms with Crippen LogP contribution in [0.15, 0.2) is 23.2 Å². The molecule has 0 aromatic heterocycles. The van der Waals surface area contributed by atoms with Crippen molar-refractivity contribution in [3.63, 3.8) is 0 Å². The number of nitrogens with zero attached hydrogens (tertiary/aromatic N) is 1. The summed E-state index contributed by atoms with van der Waals surface area (Å²) in [6.45, 7) is 1.64. The van der Waals surface area contributed by atoms with E-state index in [-0.39, 0.29) is 24.0 Å². The standard InChI is InChI=1S/C16H25N3O2.HI/c1-17-16(18-9-8-12-4-5-12)19-11-13-6-7-14(20-2)10-15(13)21-3;/h6-7,10,12H,4-5,8-9,11H2,1-3H3,(H2,17,18,19);1H. The molecule has 22 heavy (non-hydrogen) atoms. The Kier molecular flexibility index (Phi) is 8.37. The average Bonchev–Trinajstić information content (AvgIpc) is 3.34. The second-order valence-electron chi connectivity index (χ2n) is 5.26. The summed E-state index contributed by atoms with van der Waals surface area (Å²) >= 11 is 0. The van der Waals surface area contributed by atoms with Crippen molar-refractivity contribution in [2.24, 2.45) is 10.9 Å². The van der Waals surface area contributed by atoms with Crippen molar-refractivity contribution in [3.8, 4) is 11.5 Å². The molecule has 0 aliphatic heterocycles. The van der Waals surface area contributed by atoms with E-state index in [1.807, 2.05) is 18.2 Å². The van der Waals surface area contributed by atoms with E-state index < -0.39 is 0 Å². The van der Waals surface area contributed by atoms with Gasteiger partial charge in [-0.2, -0.15) is 0 Å². The van der Waals surface area contributed by atoms with Crippen molar-refractivity contribution in [1.29, 1.82) is 0 Å². The number of hydrogen-bond donors (Lipinski definition) is 2. The van der Waals surface area contributed by atoms with Crippen LogP contribution in [0.4, 0.5) is 0 Å². The summed E-state index contributed by atoms with van der Waals surface area (Å²) in [4.78, 5) is 4.24. The Bertz CT molecular complexity index is 490. The molecule has 0 saturated heterocycles. The number of benzene rings is 1. The fourth-order valence-corrected chi connectivity index (χ4v) is 2.20. The lowest BCUT2D eigenvalue weighted by atomic mass is 10.2. The van der Waals surface area contributed by atoms with Crippen molar-refractivity contribution in [2.45, 2.75) is 25.8 Å². The van der Waals surface area contributed by atoms with Gasteiger partial charge in [0, 0.05) is 31.8 Å². The highest BCUT2D eigenvalue weighted by atomic mass is 127. The zero-order valence-corrected chi connectivity index (χ0v) is 15.8. The van der Waals surface area contributed by atoms with Gasteiger partial charge in [-0.3, -0.25) is 4.99 Å². The minimum Gasteiger partial charge on any atom is -0.497 e. The smallest absolute Gasteiger partial charge is 0.191 e. The van der Waals surface area contributed by atoms with Gasteiger partial charge in [-0.15, -0.1) is 24.0 Å². The molecule has 0 heterocycles. The summed E-state index contributed by atoms with van der Waals surface area (Å²) in [5.41, 5.74) is 1.07. The normalized spacial score (nSPS) is 14.0. The second kappa shape index (κ2) is 9.76. The van der Waals surface area contributed by atoms with Gasteiger partial charge < -0.3 is 20.1 Å². The van der Waals surface area contributed by atoms with Gasteiger partial charge in [-0.05, 0) is 24.5 Å². The summed E-state index contributed by atoms with van der Waals surface area (Å²) in [6.07, 6.45) is 4.00. The monoisotopic (exact) mass is 419 g/mol. The summed E-state index contributed by atoms with van der Waals surface area (Å²) in [5.74, 6) is 3.36. The number of hydrogen-bond acceptors (Lipinski definition) is 3. The zero-order valence-electron chi connectivity index (χ0n) is 13.5. The largest absolute Gasteiger partial charge is 0.497 e. The molecule has 1 aliphatic rings. The Balaban J connectivity index is 0.00000242. The van der Waals surface area contributed by atoms with Gasteiger partial charge >= 0.3 is 0 Å². The molecule has 0 amide bonds. The Hall–Kier alpha value is -1.18. The molecule has 6 heteroatoms. The molecule has 1 aromatic carbocycles. The van der Waals surface area contributed by atoms with Gasteiger partial charge in [-0.1, -0.05) is 12.8 Å². The number of rotatable bonds is 7. The van der Waals surface area contributed by atoms with Gasteiger partial charge in [0.1, 0.15) is 11.5 Å². The molecule has 0 unspecified atom stereocenters. The molecule has 1 aromatic rings. The molecule has 1 aliphatic carbocycles. The predicted molar refractivity (Wildman–Crippen MR) is 101 cm³/mol. The molecule has 0 spiro atoms. The van der Waals surface area contributed by atoms with Gasteiger partial charge in [0.2, 0.25) is 0 Å². The molecule has 0 atom stereocenters. The highest BCUT2D eigenvalue weighted by molar-refractivity contribution is 14.0. The van der Waals surface area contributed by atoms with Crippen molar-refractivity contribution in [3.05, 3.63) is 23.8 Å². The zero-order chi connectivity index (χ0) is 15.1. The lowest BCUT2D eigenvalue weighted by Crippen LogP contribution is -2.37. The van der Waals surface area contributed by atoms with Crippen LogP contribution in [0.2, 0.25) is 0 Å². The van der Waals surface area contributed by atoms with Crippen molar-refractivity contribution >= 4 is 29.9 Å². The number of nitrogens with one attached hydrogen (secondary N) is 2. The van der Waals surface area contributed by atoms with Crippen LogP contribution in [0, 0.1) is 5.92 Å². The van der Waals surface area contributed by atoms with Gasteiger partial charge in [0.05, 0.1) is 14.2 Å². The van der Waals surface area contributed by atoms with Crippen LogP contribution in [-0.4, -0.2) is 33.8 Å². The number of aliphatic imine (C=N–C) groups is 1. The van der Waals surface area contributed by atoms with E-state index in [9.17, 15) is 0 Å². The summed E-state index contributed by atoms with van der Waals surface area (Å²) in [7, 11) is 5.11. The van der Waals surface area contributed by atoms with Gasteiger partial charge in [-0.25, -0.2) is 0 Å². The van der Waals surface area contributed by atoms with Crippen LogP contribution in [0.5, 0.6) is 11.5 Å². The maximum absolute atomic E-state index is 5.39. The van der Waals surface area contributed by atoms with Crippen LogP contribution in [0.25, 0.3) is 0 Å². The van der Waals surface area contributed by atoms with Crippen LogP contribution in [0.1, 0.15) is 24.8 Å². The Morgan fingerprint density at radius 1 is 1.23 bits per heavy atom. The molecule has 1 saturated carbocycles. The van der Waals surface area contributed by atoms with E-state index in [1.54, 1.807) is 21.3 Å². The number of halogens is 1. The summed E-state index contributed by atoms with van der Waals surface area (Å²) in [6, 6.07) is 5.82. The van der Waals surface area contributed by atoms with E-state index in [4.69, 9.17) is 9.47 Å². The average molecular weight is 419 g/mol. The lowest BCUT2D eigenvalue weighted by molar-refractivity contribution is 0.390. The van der Waals surface area contributed by atoms with Gasteiger partial charge in [0.15, 0.2) is 5.96 Å². The number of guanidine groups is 1. The first-order valence-electron chi connectivity index (χ1n) is 7.42. The van der Waals surface area contributed by atoms with Crippen molar-refractivity contribution in [1.82, 2.24) is 10.6 Å². The first-order chi connectivity index (χ1) is 10.3. The molecule has 5 nitrogen and oxygen atoms in total. The molecule has 0 radical (unpaired) electrons. The molecule has 2 rings (SSSR count). The van der Waals surface area contributed by atoms with E-state index in [0.717, 1.165) is 35.5 Å². The third kappa shape index (κ3) is 5.90. The highest BCUT2D eigenvalue weighted by Gasteiger charge is 2.20. The second-order valence-corrected chi connectivity index (χ2v) is 5.26. The van der Waals surface area contributed by atoms with Crippen LogP contribution in [0.3, 0.4) is 0 Å². The number of ether oxygens (including phenoxy) is 2. The van der Waals surface area contributed by atoms with Crippen LogP contribution < -0.4 is 20.1 Å². The maximum Gasteiger partial charge on any atom is 0.191 e. The van der Waals surface area contributed by atoms with Crippen molar-refractivity contribution < 1.29 is 9.47 Å². The summed E-state index contributed by atoms with van der Waals surface area (Å²) < 4.78 is 10.6. The Morgan fingerprint density at radius 2 is 2.00 bits per heavy atom. The predicted octanol–water partition coefficient (Wildman–Crippen LogP) is 2.79. The minimum absolute atomic E-state index is 0. The van der Waals surface area contributed by atoms with E-state index in [2.05, 4.69) is 15.6 Å². The minimum atomic E-state index is 0. The molecule has 124 valence electrons. The topological polar surface area (TPSA) is 54.9 Å². The lowest BCUT2D eigenvalue weighted by Gasteiger charge is -2.14. The molecule has 1 fully saturated rings. The third-order valence-corrected chi connectivity index (χ3v) is 3.71. The van der Waals surface area contributed by atoms with Crippen LogP contribution in [-0.2, 0) is 6.54 Å². The fraction of sp³-hybridized carbons (Fsp3) is 0.562. The molecule has 2 N–H and O–H groups in total. The van der Waals surface area contributed by atoms with Gasteiger partial charge in [0.25, 0.3) is 0 Å². The highest BCUT2D eigenvalue weighted by Crippen LogP contribution is 2.31. The van der Waals surface area contributed by atoms with Crippen LogP contribution >= 0.6 is 24.0 Å². The molecule has 0 bridgehead atoms. The van der Waals surface area contributed by atoms with E-state index in [1.165, 1.54) is 19.3 Å². The Labute approximate surface area is 149 Å². The van der Waals surface area contributed by atoms with E-state index in [0.29, 0.717) is 6.54 Å². The first-order valence-corrected chi connectivity index (χ1v) is 7.42. The molecular formula is C16H26IN3O2. The number of methoxy groups -OCH3 is 2.